The number of rotatable bonds is 3. The number of benzene rings is 1. The van der Waals surface area contributed by atoms with Gasteiger partial charge in [-0.2, -0.15) is 13.2 Å². The summed E-state index contributed by atoms with van der Waals surface area (Å²) in [4.78, 5) is 2.04. The van der Waals surface area contributed by atoms with Gasteiger partial charge in [0, 0.05) is 25.3 Å². The van der Waals surface area contributed by atoms with Crippen LogP contribution in [0.5, 0.6) is 0 Å². The SMILES string of the molecule is CCC1CCN(c2ccc(CN)c(C(F)(F)F)c2)CC1. The third-order valence-corrected chi connectivity index (χ3v) is 4.18. The molecule has 0 radical (unpaired) electrons. The van der Waals surface area contributed by atoms with Gasteiger partial charge in [0.1, 0.15) is 0 Å². The Kier molecular flexibility index (Phi) is 4.58. The van der Waals surface area contributed by atoms with Crippen molar-refractivity contribution in [2.75, 3.05) is 18.0 Å². The second kappa shape index (κ2) is 6.04. The molecule has 2 rings (SSSR count). The van der Waals surface area contributed by atoms with Crippen LogP contribution in [0.25, 0.3) is 0 Å². The first-order chi connectivity index (χ1) is 9.45. The maximum absolute atomic E-state index is 13.0. The predicted octanol–water partition coefficient (Wildman–Crippen LogP) is 3.79. The van der Waals surface area contributed by atoms with Gasteiger partial charge in [-0.05, 0) is 36.5 Å². The number of nitrogens with two attached hydrogens (primary N) is 1. The topological polar surface area (TPSA) is 29.3 Å². The molecule has 1 aliphatic rings. The molecule has 5 heteroatoms. The second-order valence-corrected chi connectivity index (χ2v) is 5.38. The van der Waals surface area contributed by atoms with Crippen LogP contribution in [-0.4, -0.2) is 13.1 Å². The molecule has 1 saturated heterocycles. The maximum Gasteiger partial charge on any atom is 0.416 e. The van der Waals surface area contributed by atoms with Crippen LogP contribution in [0.1, 0.15) is 37.3 Å². The summed E-state index contributed by atoms with van der Waals surface area (Å²) in [6.07, 6.45) is -1.09. The number of anilines is 1. The maximum atomic E-state index is 13.0. The zero-order chi connectivity index (χ0) is 14.8. The molecule has 2 N–H and O–H groups in total. The van der Waals surface area contributed by atoms with Crippen molar-refractivity contribution >= 4 is 5.69 Å². The molecule has 20 heavy (non-hydrogen) atoms. The van der Waals surface area contributed by atoms with Crippen molar-refractivity contribution in [3.63, 3.8) is 0 Å². The fourth-order valence-electron chi connectivity index (χ4n) is 2.80. The summed E-state index contributed by atoms with van der Waals surface area (Å²) in [5.41, 5.74) is 5.61. The van der Waals surface area contributed by atoms with Crippen LogP contribution >= 0.6 is 0 Å². The minimum atomic E-state index is -4.34. The number of hydrogen-bond acceptors (Lipinski definition) is 2. The number of piperidine rings is 1. The number of hydrogen-bond donors (Lipinski definition) is 1. The number of nitrogens with zero attached hydrogens (tertiary/aromatic N) is 1. The highest BCUT2D eigenvalue weighted by Gasteiger charge is 2.33. The van der Waals surface area contributed by atoms with E-state index in [1.165, 1.54) is 12.1 Å². The second-order valence-electron chi connectivity index (χ2n) is 5.38. The smallest absolute Gasteiger partial charge is 0.372 e. The van der Waals surface area contributed by atoms with E-state index in [0.717, 1.165) is 32.4 Å². The molecule has 0 amide bonds. The van der Waals surface area contributed by atoms with Crippen LogP contribution in [0.15, 0.2) is 18.2 Å². The Morgan fingerprint density at radius 3 is 2.40 bits per heavy atom. The van der Waals surface area contributed by atoms with Gasteiger partial charge in [0.2, 0.25) is 0 Å². The van der Waals surface area contributed by atoms with Crippen molar-refractivity contribution in [1.29, 1.82) is 0 Å². The first kappa shape index (κ1) is 15.2. The Hall–Kier alpha value is -1.23. The lowest BCUT2D eigenvalue weighted by molar-refractivity contribution is -0.138. The zero-order valence-electron chi connectivity index (χ0n) is 11.7. The highest BCUT2D eigenvalue weighted by Crippen LogP contribution is 2.35. The fraction of sp³-hybridized carbons (Fsp3) is 0.600. The molecule has 0 bridgehead atoms. The van der Waals surface area contributed by atoms with Crippen molar-refractivity contribution in [3.05, 3.63) is 29.3 Å². The van der Waals surface area contributed by atoms with Gasteiger partial charge in [-0.15, -0.1) is 0 Å². The average Bonchev–Trinajstić information content (AvgIpc) is 2.46. The molecule has 0 unspecified atom stereocenters. The lowest BCUT2D eigenvalue weighted by Gasteiger charge is -2.33. The quantitative estimate of drug-likeness (QED) is 0.916. The van der Waals surface area contributed by atoms with E-state index in [0.29, 0.717) is 11.6 Å². The Bertz CT molecular complexity index is 449. The van der Waals surface area contributed by atoms with Gasteiger partial charge >= 0.3 is 6.18 Å². The van der Waals surface area contributed by atoms with Gasteiger partial charge < -0.3 is 10.6 Å². The lowest BCUT2D eigenvalue weighted by atomic mass is 9.94. The van der Waals surface area contributed by atoms with E-state index in [9.17, 15) is 13.2 Å². The average molecular weight is 286 g/mol. The van der Waals surface area contributed by atoms with Gasteiger partial charge in [-0.1, -0.05) is 19.4 Å². The molecule has 0 aliphatic carbocycles. The predicted molar refractivity (Wildman–Crippen MR) is 74.6 cm³/mol. The minimum absolute atomic E-state index is 0.0902. The van der Waals surface area contributed by atoms with Crippen molar-refractivity contribution in [2.45, 2.75) is 38.9 Å². The van der Waals surface area contributed by atoms with Gasteiger partial charge in [0.25, 0.3) is 0 Å². The van der Waals surface area contributed by atoms with Crippen LogP contribution in [0.3, 0.4) is 0 Å². The van der Waals surface area contributed by atoms with E-state index < -0.39 is 11.7 Å². The van der Waals surface area contributed by atoms with Crippen molar-refractivity contribution in [1.82, 2.24) is 0 Å². The molecule has 2 nitrogen and oxygen atoms in total. The fourth-order valence-corrected chi connectivity index (χ4v) is 2.80. The van der Waals surface area contributed by atoms with Crippen LogP contribution in [0.4, 0.5) is 18.9 Å². The minimum Gasteiger partial charge on any atom is -0.372 e. The van der Waals surface area contributed by atoms with Gasteiger partial charge in [-0.25, -0.2) is 0 Å². The summed E-state index contributed by atoms with van der Waals surface area (Å²) >= 11 is 0. The Labute approximate surface area is 117 Å². The zero-order valence-corrected chi connectivity index (χ0v) is 11.7. The normalized spacial score (nSPS) is 17.6. The molecule has 0 aromatic heterocycles. The highest BCUT2D eigenvalue weighted by molar-refractivity contribution is 5.52. The Morgan fingerprint density at radius 1 is 1.25 bits per heavy atom. The molecule has 0 spiro atoms. The molecule has 1 heterocycles. The van der Waals surface area contributed by atoms with Crippen LogP contribution in [0, 0.1) is 5.92 Å². The van der Waals surface area contributed by atoms with Crippen molar-refractivity contribution < 1.29 is 13.2 Å². The largest absolute Gasteiger partial charge is 0.416 e. The molecule has 1 aliphatic heterocycles. The summed E-state index contributed by atoms with van der Waals surface area (Å²) in [5.74, 6) is 0.705. The van der Waals surface area contributed by atoms with Crippen molar-refractivity contribution in [3.8, 4) is 0 Å². The third kappa shape index (κ3) is 3.26. The lowest BCUT2D eigenvalue weighted by Crippen LogP contribution is -2.33. The number of alkyl halides is 3. The Morgan fingerprint density at radius 2 is 1.90 bits per heavy atom. The Balaban J connectivity index is 2.21. The van der Waals surface area contributed by atoms with Crippen molar-refractivity contribution in [2.24, 2.45) is 11.7 Å². The summed E-state index contributed by atoms with van der Waals surface area (Å²) in [5, 5.41) is 0. The van der Waals surface area contributed by atoms with Gasteiger partial charge in [0.05, 0.1) is 5.56 Å². The highest BCUT2D eigenvalue weighted by atomic mass is 19.4. The van der Waals surface area contributed by atoms with Gasteiger partial charge in [0.15, 0.2) is 0 Å². The summed E-state index contributed by atoms with van der Waals surface area (Å²) < 4.78 is 39.1. The summed E-state index contributed by atoms with van der Waals surface area (Å²) in [7, 11) is 0. The molecule has 0 atom stereocenters. The molecular weight excluding hydrogens is 265 g/mol. The van der Waals surface area contributed by atoms with Crippen LogP contribution in [-0.2, 0) is 12.7 Å². The third-order valence-electron chi connectivity index (χ3n) is 4.18. The van der Waals surface area contributed by atoms with E-state index in [4.69, 9.17) is 5.73 Å². The first-order valence-electron chi connectivity index (χ1n) is 7.10. The van der Waals surface area contributed by atoms with Gasteiger partial charge in [-0.3, -0.25) is 0 Å². The van der Waals surface area contributed by atoms with E-state index in [2.05, 4.69) is 6.92 Å². The van der Waals surface area contributed by atoms with Crippen LogP contribution < -0.4 is 10.6 Å². The monoisotopic (exact) mass is 286 g/mol. The number of halogens is 3. The molecule has 1 aromatic carbocycles. The standard InChI is InChI=1S/C15H21F3N2/c1-2-11-5-7-20(8-6-11)13-4-3-12(10-19)14(9-13)15(16,17)18/h3-4,9,11H,2,5-8,10,19H2,1H3. The van der Waals surface area contributed by atoms with E-state index in [-0.39, 0.29) is 12.1 Å². The van der Waals surface area contributed by atoms with E-state index >= 15 is 0 Å². The molecule has 1 fully saturated rings. The molecular formula is C15H21F3N2. The molecule has 1 aromatic rings. The summed E-state index contributed by atoms with van der Waals surface area (Å²) in [6.45, 7) is 3.74. The van der Waals surface area contributed by atoms with Crippen LogP contribution in [0.2, 0.25) is 0 Å². The van der Waals surface area contributed by atoms with E-state index in [1.54, 1.807) is 6.07 Å². The summed E-state index contributed by atoms with van der Waals surface area (Å²) in [6, 6.07) is 4.50. The molecule has 0 saturated carbocycles. The first-order valence-corrected chi connectivity index (χ1v) is 7.10. The molecule has 112 valence electrons. The van der Waals surface area contributed by atoms with E-state index in [1.807, 2.05) is 4.90 Å².